The van der Waals surface area contributed by atoms with Gasteiger partial charge in [0.25, 0.3) is 0 Å². The van der Waals surface area contributed by atoms with Crippen molar-refractivity contribution in [2.45, 2.75) is 0 Å². The van der Waals surface area contributed by atoms with Gasteiger partial charge in [0.15, 0.2) is 0 Å². The molecule has 0 aliphatic carbocycles. The first-order valence-electron chi connectivity index (χ1n) is 3.62. The maximum Gasteiger partial charge on any atom is 0.482 e. The van der Waals surface area contributed by atoms with Crippen LogP contribution < -0.4 is 0 Å². The highest BCUT2D eigenvalue weighted by Gasteiger charge is 1.96. The Kier molecular flexibility index (Phi) is 13.6. The topological polar surface area (TPSA) is 118 Å². The number of carbonyl (C=O) groups is 1. The quantitative estimate of drug-likeness (QED) is 0.357. The summed E-state index contributed by atoms with van der Waals surface area (Å²) in [6.45, 7) is 0. The molecule has 8 heteroatoms. The molecule has 5 N–H and O–H groups in total. The molecule has 0 aliphatic rings. The fourth-order valence-corrected chi connectivity index (χ4v) is 0.581. The molecule has 0 aliphatic heterocycles. The van der Waals surface area contributed by atoms with Gasteiger partial charge < -0.3 is 25.2 Å². The molecule has 1 aromatic rings. The molecule has 0 saturated heterocycles. The van der Waals surface area contributed by atoms with Crippen LogP contribution in [0, 0.1) is 0 Å². The third kappa shape index (κ3) is 12.7. The summed E-state index contributed by atoms with van der Waals surface area (Å²) in [4.78, 5) is 10.2. The van der Waals surface area contributed by atoms with Crippen molar-refractivity contribution in [3.63, 3.8) is 0 Å². The van der Waals surface area contributed by atoms with Crippen LogP contribution in [-0.4, -0.2) is 46.5 Å². The number of hydrogen-bond acceptors (Lipinski definition) is 5. The summed E-state index contributed by atoms with van der Waals surface area (Å²) in [5, 5.41) is 36.4. The van der Waals surface area contributed by atoms with Gasteiger partial charge in [-0.1, -0.05) is 18.2 Å². The fraction of sp³-hybridized carbons (Fsp3) is 0. The number of aromatic carboxylic acids is 1. The molecule has 0 heterocycles. The lowest BCUT2D eigenvalue weighted by atomic mass is 10.2. The van der Waals surface area contributed by atoms with Gasteiger partial charge in [0.05, 0.1) is 5.56 Å². The summed E-state index contributed by atoms with van der Waals surface area (Å²) in [5.41, 5.74) is 0.331. The molecule has 6 nitrogen and oxygen atoms in total. The largest absolute Gasteiger partial charge is 0.482 e. The molecule has 0 aromatic heterocycles. The lowest BCUT2D eigenvalue weighted by Gasteiger charge is -1.88. The van der Waals surface area contributed by atoms with Gasteiger partial charge in [-0.3, -0.25) is 0 Å². The third-order valence-electron chi connectivity index (χ3n) is 1.02. The van der Waals surface area contributed by atoms with Crippen molar-refractivity contribution in [1.82, 2.24) is 0 Å². The normalized spacial score (nSPS) is 7.20. The third-order valence-corrected chi connectivity index (χ3v) is 1.02. The molecule has 0 unspecified atom stereocenters. The van der Waals surface area contributed by atoms with E-state index in [1.54, 1.807) is 30.3 Å². The van der Waals surface area contributed by atoms with Crippen molar-refractivity contribution in [3.8, 4) is 0 Å². The van der Waals surface area contributed by atoms with Crippen molar-refractivity contribution in [2.24, 2.45) is 0 Å². The lowest BCUT2D eigenvalue weighted by molar-refractivity contribution is 0.0697. The summed E-state index contributed by atoms with van der Waals surface area (Å²) in [7, 11) is 0. The van der Waals surface area contributed by atoms with Gasteiger partial charge in [-0.15, -0.1) is 0 Å². The van der Waals surface area contributed by atoms with Crippen LogP contribution in [0.3, 0.4) is 0 Å². The maximum atomic E-state index is 10.2. The van der Waals surface area contributed by atoms with E-state index in [4.69, 9.17) is 25.2 Å². The van der Waals surface area contributed by atoms with Crippen LogP contribution in [0.1, 0.15) is 10.4 Å². The molecule has 0 amide bonds. The first kappa shape index (κ1) is 16.1. The Morgan fingerprint density at radius 3 is 1.47 bits per heavy atom. The average Bonchev–Trinajstić information content (AvgIpc) is 2.21. The van der Waals surface area contributed by atoms with E-state index >= 15 is 0 Å². The molecule has 2 radical (unpaired) electrons. The Labute approximate surface area is 88.1 Å². The minimum Gasteiger partial charge on any atom is -0.478 e. The maximum absolute atomic E-state index is 10.2. The first-order valence-corrected chi connectivity index (χ1v) is 3.62. The molecule has 0 spiro atoms. The van der Waals surface area contributed by atoms with Crippen molar-refractivity contribution >= 4 is 21.3 Å². The van der Waals surface area contributed by atoms with Gasteiger partial charge in [-0.05, 0) is 12.1 Å². The first-order chi connectivity index (χ1) is 7.13. The number of benzene rings is 1. The summed E-state index contributed by atoms with van der Waals surface area (Å²) in [5.74, 6) is -0.879. The minimum absolute atomic E-state index is 0. The van der Waals surface area contributed by atoms with E-state index in [0.717, 1.165) is 0 Å². The highest BCUT2D eigenvalue weighted by Crippen LogP contribution is 1.96. The van der Waals surface area contributed by atoms with E-state index in [2.05, 4.69) is 0 Å². The standard InChI is InChI=1S/C7H6O2.2BH2O2/c8-7(9)6-4-2-1-3-5-6;2*2-1-3/h1-5H,(H,8,9);2*2-3H. The second-order valence-electron chi connectivity index (χ2n) is 1.90. The summed E-state index contributed by atoms with van der Waals surface area (Å²) >= 11 is 0. The molecule has 0 bridgehead atoms. The smallest absolute Gasteiger partial charge is 0.478 e. The Morgan fingerprint density at radius 2 is 1.27 bits per heavy atom. The molecule has 0 saturated carbocycles. The minimum atomic E-state index is -0.879. The zero-order valence-corrected chi connectivity index (χ0v) is 7.69. The second-order valence-corrected chi connectivity index (χ2v) is 1.90. The van der Waals surface area contributed by atoms with Crippen LogP contribution in [0.25, 0.3) is 0 Å². The van der Waals surface area contributed by atoms with Crippen molar-refractivity contribution in [3.05, 3.63) is 35.9 Å². The summed E-state index contributed by atoms with van der Waals surface area (Å²) in [6.07, 6.45) is 0. The Bertz CT molecular complexity index is 240. The second kappa shape index (κ2) is 12.7. The van der Waals surface area contributed by atoms with Crippen molar-refractivity contribution < 1.29 is 30.0 Å². The van der Waals surface area contributed by atoms with Gasteiger partial charge in [0.2, 0.25) is 0 Å². The molecular formula is C7H10B2O6. The molecule has 1 aromatic carbocycles. The Morgan fingerprint density at radius 1 is 0.933 bits per heavy atom. The van der Waals surface area contributed by atoms with Crippen LogP contribution in [0.5, 0.6) is 0 Å². The molecule has 0 atom stereocenters. The molecule has 0 fully saturated rings. The highest BCUT2D eigenvalue weighted by atomic mass is 16.4. The zero-order chi connectivity index (χ0) is 12.1. The van der Waals surface area contributed by atoms with Gasteiger partial charge in [0, 0.05) is 0 Å². The number of carboxylic acid groups (broad SMARTS) is 1. The molecule has 80 valence electrons. The van der Waals surface area contributed by atoms with E-state index in [-0.39, 0.29) is 15.4 Å². The fourth-order valence-electron chi connectivity index (χ4n) is 0.581. The number of hydrogen-bond donors (Lipinski definition) is 5. The predicted octanol–water partition coefficient (Wildman–Crippen LogP) is -1.60. The van der Waals surface area contributed by atoms with Crippen LogP contribution >= 0.6 is 0 Å². The van der Waals surface area contributed by atoms with Crippen LogP contribution in [0.2, 0.25) is 0 Å². The number of rotatable bonds is 1. The zero-order valence-electron chi connectivity index (χ0n) is 7.69. The SMILES string of the molecule is O=C(O)c1ccccc1.O[B]O.O[B]O. The van der Waals surface area contributed by atoms with Crippen LogP contribution in [-0.2, 0) is 0 Å². The number of carboxylic acids is 1. The van der Waals surface area contributed by atoms with Crippen molar-refractivity contribution in [2.75, 3.05) is 0 Å². The van der Waals surface area contributed by atoms with Crippen LogP contribution in [0.15, 0.2) is 30.3 Å². The molecular weight excluding hydrogens is 202 g/mol. The van der Waals surface area contributed by atoms with E-state index < -0.39 is 5.97 Å². The van der Waals surface area contributed by atoms with Gasteiger partial charge in [-0.2, -0.15) is 0 Å². The molecule has 1 rings (SSSR count). The van der Waals surface area contributed by atoms with Crippen molar-refractivity contribution in [1.29, 1.82) is 0 Å². The summed E-state index contributed by atoms with van der Waals surface area (Å²) < 4.78 is 0. The Balaban J connectivity index is 0. The predicted molar refractivity (Wildman–Crippen MR) is 53.8 cm³/mol. The summed E-state index contributed by atoms with van der Waals surface area (Å²) in [6, 6.07) is 8.30. The Hall–Kier alpha value is -1.34. The van der Waals surface area contributed by atoms with E-state index in [1.165, 1.54) is 0 Å². The van der Waals surface area contributed by atoms with Gasteiger partial charge in [-0.25, -0.2) is 4.79 Å². The van der Waals surface area contributed by atoms with E-state index in [9.17, 15) is 4.79 Å². The monoisotopic (exact) mass is 212 g/mol. The van der Waals surface area contributed by atoms with E-state index in [0.29, 0.717) is 5.56 Å². The van der Waals surface area contributed by atoms with Crippen LogP contribution in [0.4, 0.5) is 0 Å². The lowest BCUT2D eigenvalue weighted by Crippen LogP contribution is -1.93. The average molecular weight is 212 g/mol. The highest BCUT2D eigenvalue weighted by molar-refractivity contribution is 6.13. The molecule has 15 heavy (non-hydrogen) atoms. The van der Waals surface area contributed by atoms with E-state index in [1.807, 2.05) is 0 Å². The van der Waals surface area contributed by atoms with Gasteiger partial charge in [0.1, 0.15) is 0 Å². The van der Waals surface area contributed by atoms with Gasteiger partial charge >= 0.3 is 21.3 Å².